The van der Waals surface area contributed by atoms with Crippen molar-refractivity contribution in [2.75, 3.05) is 0 Å². The Kier molecular flexibility index (Phi) is 4.29. The molecule has 0 aliphatic heterocycles. The zero-order chi connectivity index (χ0) is 18.0. The highest BCUT2D eigenvalue weighted by molar-refractivity contribution is 5.86. The zero-order valence-corrected chi connectivity index (χ0v) is 12.9. The summed E-state index contributed by atoms with van der Waals surface area (Å²) in [6.07, 6.45) is 5.84. The SMILES string of the molecule is O=C(O)c1cn(CCn2ccnc2)c(=O)n(-c2ccc(F)cc2)c1=O. The molecule has 0 spiro atoms. The summed E-state index contributed by atoms with van der Waals surface area (Å²) in [6, 6.07) is 4.66. The quantitative estimate of drug-likeness (QED) is 0.736. The number of aryl methyl sites for hydroxylation is 2. The van der Waals surface area contributed by atoms with Gasteiger partial charge in [-0.25, -0.2) is 23.5 Å². The number of aromatic carboxylic acids is 1. The predicted molar refractivity (Wildman–Crippen MR) is 85.4 cm³/mol. The van der Waals surface area contributed by atoms with Gasteiger partial charge in [0.1, 0.15) is 11.4 Å². The lowest BCUT2D eigenvalue weighted by Crippen LogP contribution is -2.41. The third-order valence-electron chi connectivity index (χ3n) is 3.63. The number of carboxylic acids is 1. The Morgan fingerprint density at radius 1 is 1.16 bits per heavy atom. The Morgan fingerprint density at radius 3 is 2.48 bits per heavy atom. The maximum Gasteiger partial charge on any atom is 0.342 e. The van der Waals surface area contributed by atoms with E-state index in [2.05, 4.69) is 4.98 Å². The van der Waals surface area contributed by atoms with Crippen LogP contribution in [0.2, 0.25) is 0 Å². The summed E-state index contributed by atoms with van der Waals surface area (Å²) in [5, 5.41) is 9.24. The molecule has 0 unspecified atom stereocenters. The van der Waals surface area contributed by atoms with Gasteiger partial charge in [-0.1, -0.05) is 0 Å². The number of hydrogen-bond acceptors (Lipinski definition) is 4. The standard InChI is InChI=1S/C16H13FN4O4/c17-11-1-3-12(4-2-11)21-14(22)13(15(23)24)9-20(16(21)25)8-7-19-6-5-18-10-19/h1-6,9-10H,7-8H2,(H,23,24). The van der Waals surface area contributed by atoms with Gasteiger partial charge >= 0.3 is 11.7 Å². The molecule has 3 aromatic rings. The van der Waals surface area contributed by atoms with E-state index < -0.39 is 28.6 Å². The van der Waals surface area contributed by atoms with E-state index >= 15 is 0 Å². The van der Waals surface area contributed by atoms with E-state index in [0.29, 0.717) is 6.54 Å². The number of carbonyl (C=O) groups is 1. The van der Waals surface area contributed by atoms with Gasteiger partial charge in [0, 0.05) is 31.7 Å². The fourth-order valence-corrected chi connectivity index (χ4v) is 2.37. The summed E-state index contributed by atoms with van der Waals surface area (Å²) in [4.78, 5) is 40.2. The van der Waals surface area contributed by atoms with Gasteiger partial charge in [-0.05, 0) is 24.3 Å². The lowest BCUT2D eigenvalue weighted by Gasteiger charge is -2.12. The average molecular weight is 344 g/mol. The molecular formula is C16H13FN4O4. The molecule has 2 aromatic heterocycles. The normalized spacial score (nSPS) is 10.8. The lowest BCUT2D eigenvalue weighted by molar-refractivity contribution is 0.0693. The molecule has 25 heavy (non-hydrogen) atoms. The first-order valence-electron chi connectivity index (χ1n) is 7.29. The molecule has 0 radical (unpaired) electrons. The van der Waals surface area contributed by atoms with Crippen LogP contribution in [0.5, 0.6) is 0 Å². The van der Waals surface area contributed by atoms with Crippen LogP contribution < -0.4 is 11.2 Å². The smallest absolute Gasteiger partial charge is 0.342 e. The molecule has 0 aliphatic rings. The molecule has 9 heteroatoms. The van der Waals surface area contributed by atoms with Crippen LogP contribution in [0.1, 0.15) is 10.4 Å². The van der Waals surface area contributed by atoms with Gasteiger partial charge in [-0.15, -0.1) is 0 Å². The summed E-state index contributed by atoms with van der Waals surface area (Å²) >= 11 is 0. The molecule has 3 rings (SSSR count). The summed E-state index contributed by atoms with van der Waals surface area (Å²) < 4.78 is 16.7. The summed E-state index contributed by atoms with van der Waals surface area (Å²) in [5.74, 6) is -1.98. The second-order valence-electron chi connectivity index (χ2n) is 5.24. The van der Waals surface area contributed by atoms with E-state index in [0.717, 1.165) is 27.5 Å². The molecule has 1 N–H and O–H groups in total. The number of aromatic nitrogens is 4. The Bertz CT molecular complexity index is 1020. The minimum Gasteiger partial charge on any atom is -0.477 e. The molecule has 0 aliphatic carbocycles. The van der Waals surface area contributed by atoms with Crippen LogP contribution in [0.25, 0.3) is 5.69 Å². The van der Waals surface area contributed by atoms with Gasteiger partial charge in [0.25, 0.3) is 5.56 Å². The summed E-state index contributed by atoms with van der Waals surface area (Å²) in [7, 11) is 0. The number of carboxylic acid groups (broad SMARTS) is 1. The molecule has 2 heterocycles. The maximum atomic E-state index is 13.1. The van der Waals surface area contributed by atoms with Gasteiger partial charge in [0.15, 0.2) is 0 Å². The molecule has 0 saturated carbocycles. The van der Waals surface area contributed by atoms with E-state index in [1.54, 1.807) is 23.3 Å². The van der Waals surface area contributed by atoms with Crippen LogP contribution >= 0.6 is 0 Å². The van der Waals surface area contributed by atoms with Crippen molar-refractivity contribution in [2.45, 2.75) is 13.1 Å². The van der Waals surface area contributed by atoms with Crippen molar-refractivity contribution < 1.29 is 14.3 Å². The zero-order valence-electron chi connectivity index (χ0n) is 12.9. The third-order valence-corrected chi connectivity index (χ3v) is 3.63. The van der Waals surface area contributed by atoms with Gasteiger partial charge in [-0.2, -0.15) is 0 Å². The van der Waals surface area contributed by atoms with Crippen molar-refractivity contribution in [1.82, 2.24) is 18.7 Å². The summed E-state index contributed by atoms with van der Waals surface area (Å²) in [6.45, 7) is 0.498. The Morgan fingerprint density at radius 2 is 1.88 bits per heavy atom. The topological polar surface area (TPSA) is 99.1 Å². The molecule has 128 valence electrons. The van der Waals surface area contributed by atoms with Gasteiger partial charge in [0.2, 0.25) is 0 Å². The van der Waals surface area contributed by atoms with Crippen molar-refractivity contribution in [3.8, 4) is 5.69 Å². The first kappa shape index (κ1) is 16.4. The van der Waals surface area contributed by atoms with E-state index in [1.807, 2.05) is 0 Å². The second-order valence-corrected chi connectivity index (χ2v) is 5.24. The monoisotopic (exact) mass is 344 g/mol. The van der Waals surface area contributed by atoms with Gasteiger partial charge in [-0.3, -0.25) is 9.36 Å². The largest absolute Gasteiger partial charge is 0.477 e. The Hall–Kier alpha value is -3.49. The number of hydrogen-bond donors (Lipinski definition) is 1. The van der Waals surface area contributed by atoms with Crippen LogP contribution in [-0.2, 0) is 13.1 Å². The number of imidazole rings is 1. The third kappa shape index (κ3) is 3.25. The molecule has 0 atom stereocenters. The van der Waals surface area contributed by atoms with Crippen molar-refractivity contribution in [1.29, 1.82) is 0 Å². The van der Waals surface area contributed by atoms with Crippen LogP contribution in [0, 0.1) is 5.82 Å². The number of halogens is 1. The van der Waals surface area contributed by atoms with Crippen molar-refractivity contribution in [2.24, 2.45) is 0 Å². The Balaban J connectivity index is 2.12. The van der Waals surface area contributed by atoms with Gasteiger partial charge < -0.3 is 9.67 Å². The Labute approximate surface area is 140 Å². The minimum atomic E-state index is -1.45. The van der Waals surface area contributed by atoms with Gasteiger partial charge in [0.05, 0.1) is 12.0 Å². The van der Waals surface area contributed by atoms with Crippen molar-refractivity contribution >= 4 is 5.97 Å². The highest BCUT2D eigenvalue weighted by atomic mass is 19.1. The van der Waals surface area contributed by atoms with Crippen molar-refractivity contribution in [3.63, 3.8) is 0 Å². The van der Waals surface area contributed by atoms with E-state index in [1.165, 1.54) is 12.1 Å². The molecule has 0 fully saturated rings. The molecule has 1 aromatic carbocycles. The van der Waals surface area contributed by atoms with Crippen LogP contribution in [0.3, 0.4) is 0 Å². The van der Waals surface area contributed by atoms with Crippen LogP contribution in [-0.4, -0.2) is 29.8 Å². The van der Waals surface area contributed by atoms with E-state index in [-0.39, 0.29) is 12.2 Å². The second kappa shape index (κ2) is 6.56. The first-order chi connectivity index (χ1) is 12.0. The van der Waals surface area contributed by atoms with Crippen molar-refractivity contribution in [3.05, 3.63) is 81.4 Å². The molecule has 8 nitrogen and oxygen atoms in total. The predicted octanol–water partition coefficient (Wildman–Crippen LogP) is 0.733. The number of rotatable bonds is 5. The molecular weight excluding hydrogens is 331 g/mol. The van der Waals surface area contributed by atoms with Crippen LogP contribution in [0.15, 0.2) is 58.8 Å². The molecule has 0 bridgehead atoms. The van der Waals surface area contributed by atoms with E-state index in [9.17, 15) is 23.9 Å². The van der Waals surface area contributed by atoms with E-state index in [4.69, 9.17) is 0 Å². The molecule has 0 amide bonds. The highest BCUT2D eigenvalue weighted by Crippen LogP contribution is 2.05. The maximum absolute atomic E-state index is 13.1. The molecule has 0 saturated heterocycles. The minimum absolute atomic E-state index is 0.0934. The first-order valence-corrected chi connectivity index (χ1v) is 7.29. The number of benzene rings is 1. The highest BCUT2D eigenvalue weighted by Gasteiger charge is 2.17. The fraction of sp³-hybridized carbons (Fsp3) is 0.125. The lowest BCUT2D eigenvalue weighted by atomic mass is 10.3. The summed E-state index contributed by atoms with van der Waals surface area (Å²) in [5.41, 5.74) is -2.13. The fourth-order valence-electron chi connectivity index (χ4n) is 2.37. The van der Waals surface area contributed by atoms with Crippen LogP contribution in [0.4, 0.5) is 4.39 Å². The number of nitrogens with zero attached hydrogens (tertiary/aromatic N) is 4. The average Bonchev–Trinajstić information content (AvgIpc) is 3.09.